The fraction of sp³-hybridized carbons (Fsp3) is 0.647. The molecule has 3 rings (SSSR count). The summed E-state index contributed by atoms with van der Waals surface area (Å²) < 4.78 is 19.2. The monoisotopic (exact) mass is 292 g/mol. The topological polar surface area (TPSA) is 24.5 Å². The number of benzene rings is 1. The molecule has 1 aromatic carbocycles. The van der Waals surface area contributed by atoms with Crippen LogP contribution < -0.4 is 5.32 Å². The smallest absolute Gasteiger partial charge is 0.127 e. The average molecular weight is 292 g/mol. The van der Waals surface area contributed by atoms with Gasteiger partial charge in [0.25, 0.3) is 0 Å². The second-order valence-electron chi connectivity index (χ2n) is 6.22. The van der Waals surface area contributed by atoms with Crippen LogP contribution in [0.2, 0.25) is 0 Å². The van der Waals surface area contributed by atoms with Crippen molar-refractivity contribution in [2.75, 3.05) is 26.3 Å². The normalized spacial score (nSPS) is 25.1. The van der Waals surface area contributed by atoms with Crippen LogP contribution in [0, 0.1) is 5.82 Å². The van der Waals surface area contributed by atoms with Crippen molar-refractivity contribution in [3.8, 4) is 0 Å². The second-order valence-corrected chi connectivity index (χ2v) is 6.22. The van der Waals surface area contributed by atoms with Gasteiger partial charge in [-0.25, -0.2) is 4.39 Å². The number of nitrogens with one attached hydrogen (secondary N) is 1. The highest BCUT2D eigenvalue weighted by molar-refractivity contribution is 5.17. The minimum Gasteiger partial charge on any atom is -0.381 e. The van der Waals surface area contributed by atoms with Gasteiger partial charge in [-0.3, -0.25) is 4.90 Å². The van der Waals surface area contributed by atoms with E-state index in [1.807, 2.05) is 12.1 Å². The van der Waals surface area contributed by atoms with Crippen LogP contribution in [0.25, 0.3) is 0 Å². The van der Waals surface area contributed by atoms with Crippen LogP contribution >= 0.6 is 0 Å². The van der Waals surface area contributed by atoms with Crippen LogP contribution in [-0.2, 0) is 11.3 Å². The molecule has 3 nitrogen and oxygen atoms in total. The maximum Gasteiger partial charge on any atom is 0.127 e. The molecule has 2 fully saturated rings. The van der Waals surface area contributed by atoms with Crippen molar-refractivity contribution in [1.82, 2.24) is 10.2 Å². The highest BCUT2D eigenvalue weighted by Crippen LogP contribution is 2.17. The SMILES string of the molecule is Fc1ccccc1CN1CCCC(NC2CCOCC2)C1. The first-order chi connectivity index (χ1) is 10.3. The Morgan fingerprint density at radius 1 is 1.14 bits per heavy atom. The Labute approximate surface area is 126 Å². The predicted octanol–water partition coefficient (Wildman–Crippen LogP) is 2.56. The zero-order valence-corrected chi connectivity index (χ0v) is 12.6. The van der Waals surface area contributed by atoms with Gasteiger partial charge >= 0.3 is 0 Å². The minimum absolute atomic E-state index is 0.0861. The molecule has 1 N–H and O–H groups in total. The van der Waals surface area contributed by atoms with E-state index < -0.39 is 0 Å². The third kappa shape index (κ3) is 4.25. The summed E-state index contributed by atoms with van der Waals surface area (Å²) in [6.07, 6.45) is 4.65. The van der Waals surface area contributed by atoms with Gasteiger partial charge in [0, 0.05) is 44.0 Å². The molecule has 2 saturated heterocycles. The van der Waals surface area contributed by atoms with Gasteiger partial charge in [0.1, 0.15) is 5.82 Å². The molecule has 0 spiro atoms. The quantitative estimate of drug-likeness (QED) is 0.923. The zero-order chi connectivity index (χ0) is 14.5. The average Bonchev–Trinajstić information content (AvgIpc) is 2.51. The molecule has 0 radical (unpaired) electrons. The van der Waals surface area contributed by atoms with E-state index in [2.05, 4.69) is 10.2 Å². The van der Waals surface area contributed by atoms with Gasteiger partial charge in [0.2, 0.25) is 0 Å². The summed E-state index contributed by atoms with van der Waals surface area (Å²) in [5.74, 6) is -0.0861. The van der Waals surface area contributed by atoms with E-state index in [0.29, 0.717) is 12.1 Å². The molecular formula is C17H25FN2O. The number of piperidine rings is 1. The molecule has 1 unspecified atom stereocenters. The Hall–Kier alpha value is -0.970. The first-order valence-electron chi connectivity index (χ1n) is 8.11. The molecule has 116 valence electrons. The maximum atomic E-state index is 13.8. The largest absolute Gasteiger partial charge is 0.381 e. The molecule has 2 aliphatic rings. The Kier molecular flexibility index (Phi) is 5.22. The molecule has 0 saturated carbocycles. The van der Waals surface area contributed by atoms with Crippen molar-refractivity contribution >= 4 is 0 Å². The van der Waals surface area contributed by atoms with E-state index >= 15 is 0 Å². The van der Waals surface area contributed by atoms with Gasteiger partial charge in [-0.15, -0.1) is 0 Å². The summed E-state index contributed by atoms with van der Waals surface area (Å²) >= 11 is 0. The van der Waals surface area contributed by atoms with Crippen LogP contribution in [0.3, 0.4) is 0 Å². The first-order valence-corrected chi connectivity index (χ1v) is 8.11. The second kappa shape index (κ2) is 7.34. The number of ether oxygens (including phenoxy) is 1. The maximum absolute atomic E-state index is 13.8. The van der Waals surface area contributed by atoms with E-state index in [0.717, 1.165) is 51.3 Å². The Bertz CT molecular complexity index is 448. The van der Waals surface area contributed by atoms with Gasteiger partial charge in [-0.2, -0.15) is 0 Å². The lowest BCUT2D eigenvalue weighted by atomic mass is 10.0. The van der Waals surface area contributed by atoms with Gasteiger partial charge in [-0.1, -0.05) is 18.2 Å². The van der Waals surface area contributed by atoms with Crippen molar-refractivity contribution in [3.63, 3.8) is 0 Å². The molecule has 0 bridgehead atoms. The molecular weight excluding hydrogens is 267 g/mol. The standard InChI is InChI=1S/C17H25FN2O/c18-17-6-2-1-4-14(17)12-20-9-3-5-16(13-20)19-15-7-10-21-11-8-15/h1-2,4,6,15-16,19H,3,5,7-13H2. The van der Waals surface area contributed by atoms with Gasteiger partial charge in [0.05, 0.1) is 0 Å². The zero-order valence-electron chi connectivity index (χ0n) is 12.6. The summed E-state index contributed by atoms with van der Waals surface area (Å²) in [7, 11) is 0. The summed E-state index contributed by atoms with van der Waals surface area (Å²) in [5.41, 5.74) is 0.809. The summed E-state index contributed by atoms with van der Waals surface area (Å²) in [4.78, 5) is 2.37. The minimum atomic E-state index is -0.0861. The van der Waals surface area contributed by atoms with E-state index in [4.69, 9.17) is 4.74 Å². The molecule has 0 amide bonds. The third-order valence-corrected chi connectivity index (χ3v) is 4.55. The number of rotatable bonds is 4. The van der Waals surface area contributed by atoms with Crippen molar-refractivity contribution in [1.29, 1.82) is 0 Å². The number of hydrogen-bond donors (Lipinski definition) is 1. The highest BCUT2D eigenvalue weighted by Gasteiger charge is 2.23. The van der Waals surface area contributed by atoms with Crippen LogP contribution in [0.4, 0.5) is 4.39 Å². The number of halogens is 1. The van der Waals surface area contributed by atoms with E-state index in [9.17, 15) is 4.39 Å². The van der Waals surface area contributed by atoms with E-state index in [1.54, 1.807) is 12.1 Å². The summed E-state index contributed by atoms with van der Waals surface area (Å²) in [6, 6.07) is 8.25. The lowest BCUT2D eigenvalue weighted by molar-refractivity contribution is 0.0690. The van der Waals surface area contributed by atoms with Crippen LogP contribution in [0.1, 0.15) is 31.2 Å². The predicted molar refractivity (Wildman–Crippen MR) is 81.7 cm³/mol. The molecule has 21 heavy (non-hydrogen) atoms. The molecule has 4 heteroatoms. The van der Waals surface area contributed by atoms with E-state index in [-0.39, 0.29) is 5.82 Å². The Balaban J connectivity index is 1.52. The third-order valence-electron chi connectivity index (χ3n) is 4.55. The van der Waals surface area contributed by atoms with Crippen molar-refractivity contribution in [3.05, 3.63) is 35.6 Å². The number of hydrogen-bond acceptors (Lipinski definition) is 3. The van der Waals surface area contributed by atoms with E-state index in [1.165, 1.54) is 12.8 Å². The van der Waals surface area contributed by atoms with Crippen molar-refractivity contribution < 1.29 is 9.13 Å². The van der Waals surface area contributed by atoms with Gasteiger partial charge < -0.3 is 10.1 Å². The Morgan fingerprint density at radius 3 is 2.76 bits per heavy atom. The fourth-order valence-corrected chi connectivity index (χ4v) is 3.40. The number of likely N-dealkylation sites (tertiary alicyclic amines) is 1. The molecule has 1 aromatic rings. The van der Waals surface area contributed by atoms with Gasteiger partial charge in [0.15, 0.2) is 0 Å². The van der Waals surface area contributed by atoms with Crippen molar-refractivity contribution in [2.24, 2.45) is 0 Å². The Morgan fingerprint density at radius 2 is 1.95 bits per heavy atom. The molecule has 2 heterocycles. The summed E-state index contributed by atoms with van der Waals surface area (Å²) in [6.45, 7) is 4.57. The van der Waals surface area contributed by atoms with Crippen LogP contribution in [0.15, 0.2) is 24.3 Å². The fourth-order valence-electron chi connectivity index (χ4n) is 3.40. The lowest BCUT2D eigenvalue weighted by Crippen LogP contribution is -2.50. The first kappa shape index (κ1) is 14.9. The van der Waals surface area contributed by atoms with Crippen LogP contribution in [-0.4, -0.2) is 43.3 Å². The molecule has 0 aromatic heterocycles. The molecule has 2 aliphatic heterocycles. The lowest BCUT2D eigenvalue weighted by Gasteiger charge is -2.36. The highest BCUT2D eigenvalue weighted by atomic mass is 19.1. The summed E-state index contributed by atoms with van der Waals surface area (Å²) in [5, 5.41) is 3.77. The van der Waals surface area contributed by atoms with Crippen LogP contribution in [0.5, 0.6) is 0 Å². The molecule has 1 atom stereocenters. The van der Waals surface area contributed by atoms with Crippen molar-refractivity contribution in [2.45, 2.75) is 44.3 Å². The molecule has 0 aliphatic carbocycles. The number of nitrogens with zero attached hydrogens (tertiary/aromatic N) is 1. The van der Waals surface area contributed by atoms with Gasteiger partial charge in [-0.05, 0) is 38.3 Å².